The molecule has 1 aliphatic rings. The molecule has 0 saturated carbocycles. The number of nitrogens with one attached hydrogen (secondary N) is 1. The molecule has 1 aromatic carbocycles. The maximum atomic E-state index is 12.6. The number of fused-ring (bicyclic) bond motifs is 1. The average molecular weight is 373 g/mol. The van der Waals surface area contributed by atoms with Gasteiger partial charge in [0.05, 0.1) is 5.52 Å². The van der Waals surface area contributed by atoms with Crippen LogP contribution in [0, 0.1) is 0 Å². The van der Waals surface area contributed by atoms with Crippen molar-refractivity contribution in [3.05, 3.63) is 73.0 Å². The Morgan fingerprint density at radius 3 is 2.93 bits per heavy atom. The molecule has 0 bridgehead atoms. The fraction of sp³-hybridized carbons (Fsp3) is 0.190. The van der Waals surface area contributed by atoms with E-state index in [1.165, 1.54) is 6.26 Å². The molecule has 0 radical (unpaired) electrons. The van der Waals surface area contributed by atoms with E-state index in [-0.39, 0.29) is 11.9 Å². The van der Waals surface area contributed by atoms with Crippen LogP contribution in [0.25, 0.3) is 17.0 Å². The van der Waals surface area contributed by atoms with Gasteiger partial charge in [-0.3, -0.25) is 4.79 Å². The Morgan fingerprint density at radius 2 is 2.04 bits per heavy atom. The van der Waals surface area contributed by atoms with Gasteiger partial charge < -0.3 is 19.0 Å². The van der Waals surface area contributed by atoms with Gasteiger partial charge in [0.2, 0.25) is 5.89 Å². The Kier molecular flexibility index (Phi) is 4.05. The smallest absolute Gasteiger partial charge is 0.273 e. The standard InChI is InChI=1S/C21H19N5O2/c27-20(17-14-28-21(24-17)15-5-2-1-3-6-15)23-16-8-11-26(13-16)19-18-7-4-10-25(18)12-9-22-19/h1-7,9-10,12,14,16H,8,11,13H2,(H,23,27). The highest BCUT2D eigenvalue weighted by atomic mass is 16.3. The summed E-state index contributed by atoms with van der Waals surface area (Å²) in [6.07, 6.45) is 8.01. The molecule has 5 rings (SSSR count). The van der Waals surface area contributed by atoms with E-state index in [0.29, 0.717) is 18.1 Å². The number of hydrogen-bond donors (Lipinski definition) is 1. The molecular formula is C21H19N5O2. The van der Waals surface area contributed by atoms with Gasteiger partial charge in [-0.25, -0.2) is 9.97 Å². The minimum Gasteiger partial charge on any atom is -0.444 e. The Morgan fingerprint density at radius 1 is 1.14 bits per heavy atom. The number of carbonyl (C=O) groups is 1. The lowest BCUT2D eigenvalue weighted by Crippen LogP contribution is -2.37. The molecule has 4 heterocycles. The van der Waals surface area contributed by atoms with Crippen molar-refractivity contribution in [1.29, 1.82) is 0 Å². The predicted octanol–water partition coefficient (Wildman–Crippen LogP) is 3.00. The molecule has 0 spiro atoms. The topological polar surface area (TPSA) is 75.7 Å². The van der Waals surface area contributed by atoms with E-state index in [0.717, 1.165) is 29.9 Å². The maximum absolute atomic E-state index is 12.6. The zero-order valence-corrected chi connectivity index (χ0v) is 15.2. The molecular weight excluding hydrogens is 354 g/mol. The van der Waals surface area contributed by atoms with Gasteiger partial charge in [-0.2, -0.15) is 0 Å². The summed E-state index contributed by atoms with van der Waals surface area (Å²) in [6.45, 7) is 1.56. The number of nitrogens with zero attached hydrogens (tertiary/aromatic N) is 4. The van der Waals surface area contributed by atoms with Crippen LogP contribution >= 0.6 is 0 Å². The van der Waals surface area contributed by atoms with E-state index in [1.54, 1.807) is 6.20 Å². The summed E-state index contributed by atoms with van der Waals surface area (Å²) in [5.74, 6) is 1.17. The highest BCUT2D eigenvalue weighted by Crippen LogP contribution is 2.24. The highest BCUT2D eigenvalue weighted by Gasteiger charge is 2.27. The van der Waals surface area contributed by atoms with Gasteiger partial charge in [-0.15, -0.1) is 0 Å². The van der Waals surface area contributed by atoms with Gasteiger partial charge in [0.15, 0.2) is 11.5 Å². The van der Waals surface area contributed by atoms with Crippen molar-refractivity contribution < 1.29 is 9.21 Å². The number of amides is 1. The first kappa shape index (κ1) is 16.6. The van der Waals surface area contributed by atoms with E-state index in [1.807, 2.05) is 48.8 Å². The fourth-order valence-electron chi connectivity index (χ4n) is 3.62. The van der Waals surface area contributed by atoms with Crippen LogP contribution in [0.2, 0.25) is 0 Å². The normalized spacial score (nSPS) is 16.6. The quantitative estimate of drug-likeness (QED) is 0.595. The van der Waals surface area contributed by atoms with Gasteiger partial charge in [-0.1, -0.05) is 18.2 Å². The SMILES string of the molecule is O=C(NC1CCN(c2nccn3cccc23)C1)c1coc(-c2ccccc2)n1. The summed E-state index contributed by atoms with van der Waals surface area (Å²) in [6, 6.07) is 13.6. The summed E-state index contributed by atoms with van der Waals surface area (Å²) >= 11 is 0. The number of oxazole rings is 1. The third kappa shape index (κ3) is 3.00. The third-order valence-electron chi connectivity index (χ3n) is 5.01. The number of rotatable bonds is 4. The van der Waals surface area contributed by atoms with Crippen molar-refractivity contribution in [2.45, 2.75) is 12.5 Å². The summed E-state index contributed by atoms with van der Waals surface area (Å²) in [4.78, 5) is 23.7. The van der Waals surface area contributed by atoms with E-state index < -0.39 is 0 Å². The molecule has 1 amide bonds. The Balaban J connectivity index is 1.27. The first-order valence-electron chi connectivity index (χ1n) is 9.26. The van der Waals surface area contributed by atoms with Crippen LogP contribution in [0.5, 0.6) is 0 Å². The summed E-state index contributed by atoms with van der Waals surface area (Å²) < 4.78 is 7.52. The second-order valence-electron chi connectivity index (χ2n) is 6.86. The van der Waals surface area contributed by atoms with Crippen LogP contribution in [-0.2, 0) is 0 Å². The van der Waals surface area contributed by atoms with Crippen LogP contribution in [0.15, 0.2) is 71.7 Å². The number of aromatic nitrogens is 3. The molecule has 1 fully saturated rings. The van der Waals surface area contributed by atoms with Gasteiger partial charge in [-0.05, 0) is 30.7 Å². The molecule has 1 N–H and O–H groups in total. The summed E-state index contributed by atoms with van der Waals surface area (Å²) in [7, 11) is 0. The van der Waals surface area contributed by atoms with Crippen LogP contribution in [0.1, 0.15) is 16.9 Å². The minimum atomic E-state index is -0.216. The molecule has 1 atom stereocenters. The van der Waals surface area contributed by atoms with Gasteiger partial charge in [0.1, 0.15) is 6.26 Å². The van der Waals surface area contributed by atoms with Crippen molar-refractivity contribution in [3.63, 3.8) is 0 Å². The third-order valence-corrected chi connectivity index (χ3v) is 5.01. The molecule has 7 heteroatoms. The minimum absolute atomic E-state index is 0.0430. The molecule has 3 aromatic heterocycles. The first-order valence-corrected chi connectivity index (χ1v) is 9.26. The Bertz CT molecular complexity index is 1120. The number of anilines is 1. The lowest BCUT2D eigenvalue weighted by molar-refractivity contribution is 0.0935. The monoisotopic (exact) mass is 373 g/mol. The van der Waals surface area contributed by atoms with Crippen LogP contribution in [-0.4, -0.2) is 39.4 Å². The Hall–Kier alpha value is -3.61. The van der Waals surface area contributed by atoms with E-state index in [4.69, 9.17) is 4.42 Å². The van der Waals surface area contributed by atoms with E-state index in [9.17, 15) is 4.79 Å². The largest absolute Gasteiger partial charge is 0.444 e. The molecule has 1 saturated heterocycles. The van der Waals surface area contributed by atoms with Gasteiger partial charge in [0, 0.05) is 43.3 Å². The molecule has 7 nitrogen and oxygen atoms in total. The predicted molar refractivity (Wildman–Crippen MR) is 105 cm³/mol. The highest BCUT2D eigenvalue weighted by molar-refractivity contribution is 5.92. The number of hydrogen-bond acceptors (Lipinski definition) is 5. The lowest BCUT2D eigenvalue weighted by Gasteiger charge is -2.18. The molecule has 1 unspecified atom stereocenters. The van der Waals surface area contributed by atoms with Crippen molar-refractivity contribution in [2.24, 2.45) is 0 Å². The average Bonchev–Trinajstić information content (AvgIpc) is 3.48. The number of carbonyl (C=O) groups excluding carboxylic acids is 1. The molecule has 28 heavy (non-hydrogen) atoms. The summed E-state index contributed by atoms with van der Waals surface area (Å²) in [5, 5.41) is 3.06. The van der Waals surface area contributed by atoms with Crippen LogP contribution in [0.3, 0.4) is 0 Å². The van der Waals surface area contributed by atoms with Crippen molar-refractivity contribution in [3.8, 4) is 11.5 Å². The number of benzene rings is 1. The summed E-state index contributed by atoms with van der Waals surface area (Å²) in [5.41, 5.74) is 2.21. The molecule has 4 aromatic rings. The van der Waals surface area contributed by atoms with Gasteiger partial charge >= 0.3 is 0 Å². The van der Waals surface area contributed by atoms with Gasteiger partial charge in [0.25, 0.3) is 5.91 Å². The fourth-order valence-corrected chi connectivity index (χ4v) is 3.62. The maximum Gasteiger partial charge on any atom is 0.273 e. The van der Waals surface area contributed by atoms with Crippen molar-refractivity contribution >= 4 is 17.2 Å². The molecule has 0 aliphatic carbocycles. The second-order valence-corrected chi connectivity index (χ2v) is 6.86. The van der Waals surface area contributed by atoms with Crippen LogP contribution in [0.4, 0.5) is 5.82 Å². The zero-order valence-electron chi connectivity index (χ0n) is 15.2. The van der Waals surface area contributed by atoms with Crippen molar-refractivity contribution in [2.75, 3.05) is 18.0 Å². The Labute approximate surface area is 161 Å². The molecule has 140 valence electrons. The van der Waals surface area contributed by atoms with Crippen LogP contribution < -0.4 is 10.2 Å². The van der Waals surface area contributed by atoms with E-state index >= 15 is 0 Å². The molecule has 1 aliphatic heterocycles. The van der Waals surface area contributed by atoms with Crippen molar-refractivity contribution in [1.82, 2.24) is 19.7 Å². The first-order chi connectivity index (χ1) is 13.8. The zero-order chi connectivity index (χ0) is 18.9. The lowest BCUT2D eigenvalue weighted by atomic mass is 10.2. The second kappa shape index (κ2) is 6.84. The van der Waals surface area contributed by atoms with E-state index in [2.05, 4.69) is 30.7 Å².